The third-order valence-electron chi connectivity index (χ3n) is 2.80. The van der Waals surface area contributed by atoms with Crippen molar-refractivity contribution < 1.29 is 14.8 Å². The van der Waals surface area contributed by atoms with Gasteiger partial charge in [0.05, 0.1) is 6.54 Å². The summed E-state index contributed by atoms with van der Waals surface area (Å²) in [5.74, 6) is -1.05. The average molecular weight is 293 g/mol. The molecule has 0 aromatic carbocycles. The van der Waals surface area contributed by atoms with Crippen molar-refractivity contribution in [3.8, 4) is 0 Å². The summed E-state index contributed by atoms with van der Waals surface area (Å²) in [5.41, 5.74) is 11.1. The summed E-state index contributed by atoms with van der Waals surface area (Å²) in [4.78, 5) is 28.6. The Hall–Kier alpha value is -2.64. The second-order valence-electron chi connectivity index (χ2n) is 4.46. The molecule has 0 spiro atoms. The fraction of sp³-hybridized carbons (Fsp3) is 0.385. The maximum Gasteiger partial charge on any atom is 0.272 e. The number of hydrogen-bond donors (Lipinski definition) is 3. The summed E-state index contributed by atoms with van der Waals surface area (Å²) in [6.07, 6.45) is 2.98. The molecule has 21 heavy (non-hydrogen) atoms. The molecule has 1 aromatic heterocycles. The molecular weight excluding hydrogens is 274 g/mol. The third kappa shape index (κ3) is 4.75. The highest BCUT2D eigenvalue weighted by atomic mass is 16.4. The largest absolute Gasteiger partial charge is 0.409 e. The highest BCUT2D eigenvalue weighted by molar-refractivity contribution is 5.98. The van der Waals surface area contributed by atoms with Crippen LogP contribution in [-0.4, -0.2) is 45.8 Å². The van der Waals surface area contributed by atoms with Gasteiger partial charge in [-0.3, -0.25) is 14.6 Å². The standard InChI is InChI=1S/C13H19N5O3/c1-2-3-6-18(8-11(14)19)13(20)10-5-4-9(7-16-10)12(15)17-21/h4-5,7,21H,2-3,6,8H2,1H3,(H2,14,19)(H2,15,17). The average Bonchev–Trinajstić information content (AvgIpc) is 2.49. The fourth-order valence-corrected chi connectivity index (χ4v) is 1.68. The second kappa shape index (κ2) is 7.83. The lowest BCUT2D eigenvalue weighted by Gasteiger charge is -2.20. The van der Waals surface area contributed by atoms with Crippen LogP contribution in [0.1, 0.15) is 35.8 Å². The van der Waals surface area contributed by atoms with Crippen LogP contribution in [0.5, 0.6) is 0 Å². The number of hydrogen-bond acceptors (Lipinski definition) is 5. The van der Waals surface area contributed by atoms with Crippen molar-refractivity contribution in [1.29, 1.82) is 0 Å². The van der Waals surface area contributed by atoms with Gasteiger partial charge >= 0.3 is 0 Å². The number of oxime groups is 1. The molecule has 0 fully saturated rings. The minimum atomic E-state index is -0.576. The zero-order valence-corrected chi connectivity index (χ0v) is 11.8. The number of pyridine rings is 1. The van der Waals surface area contributed by atoms with E-state index in [2.05, 4.69) is 10.1 Å². The fourth-order valence-electron chi connectivity index (χ4n) is 1.68. The van der Waals surface area contributed by atoms with Crippen molar-refractivity contribution in [2.75, 3.05) is 13.1 Å². The van der Waals surface area contributed by atoms with Crippen molar-refractivity contribution in [3.05, 3.63) is 29.6 Å². The van der Waals surface area contributed by atoms with Crippen LogP contribution in [0.25, 0.3) is 0 Å². The molecule has 2 amide bonds. The van der Waals surface area contributed by atoms with Crippen LogP contribution in [0.3, 0.4) is 0 Å². The Kier molecular flexibility index (Phi) is 6.12. The minimum absolute atomic E-state index is 0.0959. The number of unbranched alkanes of at least 4 members (excludes halogenated alkanes) is 1. The zero-order chi connectivity index (χ0) is 15.8. The topological polar surface area (TPSA) is 135 Å². The van der Waals surface area contributed by atoms with Crippen molar-refractivity contribution in [2.45, 2.75) is 19.8 Å². The lowest BCUT2D eigenvalue weighted by molar-refractivity contribution is -0.118. The molecule has 1 aromatic rings. The Morgan fingerprint density at radius 2 is 2.10 bits per heavy atom. The molecule has 8 nitrogen and oxygen atoms in total. The molecule has 0 atom stereocenters. The Balaban J connectivity index is 2.89. The molecule has 0 unspecified atom stereocenters. The molecule has 0 bridgehead atoms. The van der Waals surface area contributed by atoms with Crippen LogP contribution in [0.2, 0.25) is 0 Å². The van der Waals surface area contributed by atoms with Crippen LogP contribution in [0.4, 0.5) is 0 Å². The first-order chi connectivity index (χ1) is 9.99. The third-order valence-corrected chi connectivity index (χ3v) is 2.80. The summed E-state index contributed by atoms with van der Waals surface area (Å²) < 4.78 is 0. The number of carbonyl (C=O) groups is 2. The maximum absolute atomic E-state index is 12.3. The number of amides is 2. The van der Waals surface area contributed by atoms with E-state index >= 15 is 0 Å². The van der Waals surface area contributed by atoms with Gasteiger partial charge in [-0.1, -0.05) is 18.5 Å². The molecule has 0 aliphatic carbocycles. The van der Waals surface area contributed by atoms with E-state index in [1.807, 2.05) is 6.92 Å². The van der Waals surface area contributed by atoms with Gasteiger partial charge < -0.3 is 21.6 Å². The number of amidine groups is 1. The highest BCUT2D eigenvalue weighted by Crippen LogP contribution is 2.06. The molecule has 0 aliphatic rings. The smallest absolute Gasteiger partial charge is 0.272 e. The van der Waals surface area contributed by atoms with Crippen molar-refractivity contribution in [1.82, 2.24) is 9.88 Å². The van der Waals surface area contributed by atoms with E-state index in [4.69, 9.17) is 16.7 Å². The number of aromatic nitrogens is 1. The van der Waals surface area contributed by atoms with Gasteiger partial charge in [0.1, 0.15) is 5.69 Å². The maximum atomic E-state index is 12.3. The van der Waals surface area contributed by atoms with Crippen LogP contribution < -0.4 is 11.5 Å². The molecule has 0 radical (unpaired) electrons. The summed E-state index contributed by atoms with van der Waals surface area (Å²) in [7, 11) is 0. The Bertz CT molecular complexity index is 527. The van der Waals surface area contributed by atoms with Gasteiger partial charge in [0.25, 0.3) is 5.91 Å². The van der Waals surface area contributed by atoms with Crippen LogP contribution in [0.15, 0.2) is 23.5 Å². The summed E-state index contributed by atoms with van der Waals surface area (Å²) in [6.45, 7) is 2.27. The SMILES string of the molecule is CCCCN(CC(N)=O)C(=O)c1ccc(C(N)=NO)cn1. The minimum Gasteiger partial charge on any atom is -0.409 e. The van der Waals surface area contributed by atoms with Crippen LogP contribution in [0, 0.1) is 0 Å². The van der Waals surface area contributed by atoms with Gasteiger partial charge in [0.15, 0.2) is 5.84 Å². The van der Waals surface area contributed by atoms with Gasteiger partial charge in [0.2, 0.25) is 5.91 Å². The molecule has 114 valence electrons. The van der Waals surface area contributed by atoms with E-state index in [-0.39, 0.29) is 24.0 Å². The lowest BCUT2D eigenvalue weighted by atomic mass is 10.2. The van der Waals surface area contributed by atoms with Gasteiger partial charge in [-0.2, -0.15) is 0 Å². The van der Waals surface area contributed by atoms with E-state index in [1.165, 1.54) is 23.2 Å². The van der Waals surface area contributed by atoms with E-state index in [1.54, 1.807) is 0 Å². The van der Waals surface area contributed by atoms with Gasteiger partial charge in [-0.05, 0) is 18.6 Å². The molecule has 0 saturated carbocycles. The highest BCUT2D eigenvalue weighted by Gasteiger charge is 2.18. The van der Waals surface area contributed by atoms with Crippen molar-refractivity contribution >= 4 is 17.6 Å². The number of nitrogens with two attached hydrogens (primary N) is 2. The monoisotopic (exact) mass is 293 g/mol. The van der Waals surface area contributed by atoms with Crippen molar-refractivity contribution in [3.63, 3.8) is 0 Å². The lowest BCUT2D eigenvalue weighted by Crippen LogP contribution is -2.39. The molecule has 1 rings (SSSR count). The van der Waals surface area contributed by atoms with E-state index in [0.717, 1.165) is 12.8 Å². The molecule has 0 aliphatic heterocycles. The summed E-state index contributed by atoms with van der Waals surface area (Å²) in [5, 5.41) is 11.4. The number of rotatable bonds is 7. The van der Waals surface area contributed by atoms with E-state index in [9.17, 15) is 9.59 Å². The van der Waals surface area contributed by atoms with Crippen molar-refractivity contribution in [2.24, 2.45) is 16.6 Å². The van der Waals surface area contributed by atoms with Crippen LogP contribution >= 0.6 is 0 Å². The van der Waals surface area contributed by atoms with Gasteiger partial charge in [-0.25, -0.2) is 0 Å². The van der Waals surface area contributed by atoms with E-state index < -0.39 is 5.91 Å². The molecule has 1 heterocycles. The zero-order valence-electron chi connectivity index (χ0n) is 11.8. The first-order valence-corrected chi connectivity index (χ1v) is 6.51. The Labute approximate surface area is 122 Å². The second-order valence-corrected chi connectivity index (χ2v) is 4.46. The first kappa shape index (κ1) is 16.4. The molecule has 8 heteroatoms. The summed E-state index contributed by atoms with van der Waals surface area (Å²) in [6, 6.07) is 2.97. The van der Waals surface area contributed by atoms with E-state index in [0.29, 0.717) is 12.1 Å². The first-order valence-electron chi connectivity index (χ1n) is 6.51. The predicted octanol–water partition coefficient (Wildman–Crippen LogP) is -0.0963. The molecule has 5 N–H and O–H groups in total. The predicted molar refractivity (Wildman–Crippen MR) is 76.8 cm³/mol. The molecular formula is C13H19N5O3. The Morgan fingerprint density at radius 1 is 1.38 bits per heavy atom. The number of primary amides is 1. The quantitative estimate of drug-likeness (QED) is 0.279. The van der Waals surface area contributed by atoms with Gasteiger partial charge in [0, 0.05) is 18.3 Å². The van der Waals surface area contributed by atoms with Gasteiger partial charge in [-0.15, -0.1) is 0 Å². The normalized spacial score (nSPS) is 11.2. The number of carbonyl (C=O) groups excluding carboxylic acids is 2. The number of nitrogens with zero attached hydrogens (tertiary/aromatic N) is 3. The summed E-state index contributed by atoms with van der Waals surface area (Å²) >= 11 is 0. The Morgan fingerprint density at radius 3 is 2.57 bits per heavy atom. The van der Waals surface area contributed by atoms with Crippen LogP contribution in [-0.2, 0) is 4.79 Å². The molecule has 0 saturated heterocycles.